The Hall–Kier alpha value is -4.26. The quantitative estimate of drug-likeness (QED) is 0.0291. The Morgan fingerprint density at radius 1 is 0.914 bits per heavy atom. The minimum atomic E-state index is -1.34. The minimum absolute atomic E-state index is 0.0732. The van der Waals surface area contributed by atoms with Crippen LogP contribution in [0.1, 0.15) is 152 Å². The number of hydrogen-bond acceptors (Lipinski definition) is 10. The standard InChI is InChI=1S/C59H83N3O8/c1-3-5-6-7-8-9-10-11-12-28-55(65)62(43-46-25-21-24-44-22-13-14-26-48(44)46)54-42-52(60-70-56-29-17-20-38-67-56)50-40-45(23-15-18-35-63)49(27-16-19-36-64)57-51-41-47(66-39-34-61-32-33-61)30-31-53(51)69-59(54,58(50)57)68-37-4-2/h4,13-14,21-22,24-26,30-31,40-41,45,49,54,56-58,63-64H,2-3,5-12,15-20,23,27-29,32-39,42-43H2,1H3. The highest BCUT2D eigenvalue weighted by Gasteiger charge is 2.65. The van der Waals surface area contributed by atoms with Crippen LogP contribution in [0.15, 0.2) is 90.1 Å². The molecule has 11 heteroatoms. The van der Waals surface area contributed by atoms with Crippen molar-refractivity contribution >= 4 is 22.4 Å². The van der Waals surface area contributed by atoms with E-state index in [2.05, 4.69) is 84.0 Å². The van der Waals surface area contributed by atoms with Gasteiger partial charge in [-0.15, -0.1) is 6.58 Å². The number of hydrogen-bond donors (Lipinski definition) is 2. The summed E-state index contributed by atoms with van der Waals surface area (Å²) in [6, 6.07) is 20.5. The van der Waals surface area contributed by atoms with E-state index in [-0.39, 0.29) is 43.5 Å². The van der Waals surface area contributed by atoms with Crippen LogP contribution < -0.4 is 9.47 Å². The van der Waals surface area contributed by atoms with Crippen LogP contribution in [0, 0.1) is 17.8 Å². The fourth-order valence-electron chi connectivity index (χ4n) is 12.0. The maximum atomic E-state index is 15.5. The van der Waals surface area contributed by atoms with Gasteiger partial charge in [-0.1, -0.05) is 131 Å². The number of benzene rings is 3. The molecule has 0 aromatic heterocycles. The van der Waals surface area contributed by atoms with Gasteiger partial charge < -0.3 is 38.9 Å². The molecule has 3 heterocycles. The Labute approximate surface area is 418 Å². The van der Waals surface area contributed by atoms with E-state index in [0.29, 0.717) is 45.4 Å². The number of rotatable bonds is 30. The lowest BCUT2D eigenvalue weighted by Crippen LogP contribution is -2.70. The van der Waals surface area contributed by atoms with Gasteiger partial charge in [0.15, 0.2) is 0 Å². The molecule has 3 aromatic carbocycles. The third-order valence-electron chi connectivity index (χ3n) is 15.7. The summed E-state index contributed by atoms with van der Waals surface area (Å²) in [4.78, 5) is 26.4. The first-order valence-electron chi connectivity index (χ1n) is 27.4. The molecule has 8 rings (SSSR count). The molecule has 3 aromatic rings. The van der Waals surface area contributed by atoms with Gasteiger partial charge in [-0.3, -0.25) is 9.69 Å². The molecule has 0 bridgehead atoms. The molecule has 11 nitrogen and oxygen atoms in total. The van der Waals surface area contributed by atoms with E-state index in [0.717, 1.165) is 129 Å². The Balaban J connectivity index is 1.26. The van der Waals surface area contributed by atoms with Crippen molar-refractivity contribution in [3.63, 3.8) is 0 Å². The molecule has 382 valence electrons. The van der Waals surface area contributed by atoms with Crippen LogP contribution in [0.2, 0.25) is 0 Å². The van der Waals surface area contributed by atoms with Crippen molar-refractivity contribution < 1.29 is 38.8 Å². The number of nitrogens with zero attached hydrogens (tertiary/aromatic N) is 3. The van der Waals surface area contributed by atoms with Gasteiger partial charge in [-0.2, -0.15) is 0 Å². The molecule has 1 saturated carbocycles. The first-order valence-corrected chi connectivity index (χ1v) is 27.4. The number of unbranched alkanes of at least 4 members (excludes halogenated alkanes) is 10. The Bertz CT molecular complexity index is 2180. The topological polar surface area (TPSA) is 122 Å². The van der Waals surface area contributed by atoms with Crippen molar-refractivity contribution in [2.45, 2.75) is 166 Å². The predicted octanol–water partition coefficient (Wildman–Crippen LogP) is 11.6. The molecule has 2 N–H and O–H groups in total. The van der Waals surface area contributed by atoms with Gasteiger partial charge in [0.2, 0.25) is 18.0 Å². The van der Waals surface area contributed by atoms with Crippen LogP contribution >= 0.6 is 0 Å². The van der Waals surface area contributed by atoms with Crippen LogP contribution in [-0.2, 0) is 25.7 Å². The molecule has 7 unspecified atom stereocenters. The number of ether oxygens (including phenoxy) is 4. The van der Waals surface area contributed by atoms with Crippen molar-refractivity contribution in [1.29, 1.82) is 0 Å². The van der Waals surface area contributed by atoms with Gasteiger partial charge in [-0.25, -0.2) is 0 Å². The molecule has 0 radical (unpaired) electrons. The molecule has 1 amide bonds. The van der Waals surface area contributed by atoms with Gasteiger partial charge in [0, 0.05) is 70.1 Å². The van der Waals surface area contributed by atoms with E-state index in [9.17, 15) is 10.2 Å². The number of oxime groups is 1. The highest BCUT2D eigenvalue weighted by molar-refractivity contribution is 6.03. The molecule has 0 spiro atoms. The molecular weight excluding hydrogens is 879 g/mol. The van der Waals surface area contributed by atoms with E-state index in [4.69, 9.17) is 28.9 Å². The van der Waals surface area contributed by atoms with Gasteiger partial charge in [-0.05, 0) is 96.9 Å². The van der Waals surface area contributed by atoms with Crippen molar-refractivity contribution in [2.75, 3.05) is 52.7 Å². The number of aliphatic hydroxyl groups is 2. The van der Waals surface area contributed by atoms with Crippen LogP contribution in [0.25, 0.3) is 10.8 Å². The van der Waals surface area contributed by atoms with Crippen LogP contribution in [0.3, 0.4) is 0 Å². The Morgan fingerprint density at radius 2 is 1.69 bits per heavy atom. The largest absolute Gasteiger partial charge is 0.492 e. The Kier molecular flexibility index (Phi) is 19.7. The smallest absolute Gasteiger partial charge is 0.239 e. The zero-order valence-corrected chi connectivity index (χ0v) is 42.3. The summed E-state index contributed by atoms with van der Waals surface area (Å²) < 4.78 is 27.6. The fraction of sp³-hybridized carbons (Fsp3) is 0.627. The third-order valence-corrected chi connectivity index (χ3v) is 15.7. The van der Waals surface area contributed by atoms with Gasteiger partial charge in [0.25, 0.3) is 0 Å². The summed E-state index contributed by atoms with van der Waals surface area (Å²) in [6.07, 6.45) is 22.7. The molecule has 3 aliphatic heterocycles. The van der Waals surface area contributed by atoms with Crippen LogP contribution in [0.4, 0.5) is 0 Å². The maximum Gasteiger partial charge on any atom is 0.239 e. The summed E-state index contributed by atoms with van der Waals surface area (Å²) in [5, 5.41) is 27.5. The molecule has 7 atom stereocenters. The molecular formula is C59H83N3O8. The number of amides is 1. The van der Waals surface area contributed by atoms with Crippen molar-refractivity contribution in [3.8, 4) is 11.5 Å². The number of carbonyl (C=O) groups is 1. The summed E-state index contributed by atoms with van der Waals surface area (Å²) in [5.41, 5.74) is 3.96. The van der Waals surface area contributed by atoms with E-state index in [1.807, 2.05) is 6.07 Å². The van der Waals surface area contributed by atoms with E-state index in [1.54, 1.807) is 6.08 Å². The molecule has 3 fully saturated rings. The second-order valence-electron chi connectivity index (χ2n) is 20.6. The molecule has 5 aliphatic rings. The van der Waals surface area contributed by atoms with E-state index in [1.165, 1.54) is 38.5 Å². The normalized spacial score (nSPS) is 25.4. The lowest BCUT2D eigenvalue weighted by atomic mass is 9.55. The first kappa shape index (κ1) is 52.1. The van der Waals surface area contributed by atoms with Gasteiger partial charge in [0.05, 0.1) is 24.8 Å². The highest BCUT2D eigenvalue weighted by atomic mass is 16.8. The van der Waals surface area contributed by atoms with Crippen LogP contribution in [0.5, 0.6) is 11.5 Å². The summed E-state index contributed by atoms with van der Waals surface area (Å²) in [7, 11) is 0. The fourth-order valence-corrected chi connectivity index (χ4v) is 12.0. The summed E-state index contributed by atoms with van der Waals surface area (Å²) >= 11 is 0. The molecule has 2 aliphatic carbocycles. The van der Waals surface area contributed by atoms with Gasteiger partial charge >= 0.3 is 0 Å². The van der Waals surface area contributed by atoms with Crippen LogP contribution in [-0.4, -0.2) is 102 Å². The van der Waals surface area contributed by atoms with Gasteiger partial charge in [0.1, 0.15) is 24.1 Å². The van der Waals surface area contributed by atoms with E-state index < -0.39 is 24.0 Å². The average molecular weight is 962 g/mol. The lowest BCUT2D eigenvalue weighted by Gasteiger charge is -2.60. The average Bonchev–Trinajstić information content (AvgIpc) is 4.22. The summed E-state index contributed by atoms with van der Waals surface area (Å²) in [6.45, 7) is 11.6. The molecule has 2 saturated heterocycles. The third kappa shape index (κ3) is 13.0. The number of carbonyl (C=O) groups excluding carboxylic acids is 1. The summed E-state index contributed by atoms with van der Waals surface area (Å²) in [5.74, 6) is -0.0124. The van der Waals surface area contributed by atoms with Crippen molar-refractivity contribution in [3.05, 3.63) is 96.1 Å². The van der Waals surface area contributed by atoms with Crippen molar-refractivity contribution in [2.24, 2.45) is 22.9 Å². The number of aliphatic hydroxyl groups excluding tert-OH is 2. The zero-order chi connectivity index (χ0) is 48.5. The first-order chi connectivity index (χ1) is 34.5. The highest BCUT2D eigenvalue weighted by Crippen LogP contribution is 2.62. The number of allylic oxidation sites excluding steroid dienone is 1. The second-order valence-corrected chi connectivity index (χ2v) is 20.6. The maximum absolute atomic E-state index is 15.5. The minimum Gasteiger partial charge on any atom is -0.492 e. The monoisotopic (exact) mass is 962 g/mol. The number of fused-ring (bicyclic) bond motifs is 3. The molecule has 70 heavy (non-hydrogen) atoms. The van der Waals surface area contributed by atoms with Crippen molar-refractivity contribution in [1.82, 2.24) is 9.80 Å². The SMILES string of the molecule is C=CCOC12Oc3ccc(OCCN4CC4)cc3C3C(CCCCO)C(CCCCO)C=C(C(=NOC4CCCCO4)CC1N(Cc1cccc4ccccc14)C(=O)CCCCCCCCCCC)C32. The Morgan fingerprint density at radius 3 is 2.44 bits per heavy atom. The lowest BCUT2D eigenvalue weighted by molar-refractivity contribution is -0.258. The second kappa shape index (κ2) is 26.4. The predicted molar refractivity (Wildman–Crippen MR) is 278 cm³/mol. The zero-order valence-electron chi connectivity index (χ0n) is 42.3. The van der Waals surface area contributed by atoms with E-state index >= 15 is 4.79 Å².